The molecule has 0 aliphatic heterocycles. The van der Waals surface area contributed by atoms with Crippen LogP contribution in [0, 0.1) is 0 Å². The van der Waals surface area contributed by atoms with Crippen LogP contribution in [-0.2, 0) is 9.53 Å². The Bertz CT molecular complexity index is 551. The average molecular weight is 364 g/mol. The zero-order valence-electron chi connectivity index (χ0n) is 13.1. The third-order valence-corrected chi connectivity index (χ3v) is 2.91. The molecule has 25 heavy (non-hydrogen) atoms. The summed E-state index contributed by atoms with van der Waals surface area (Å²) in [6, 6.07) is 2.00. The second-order valence-corrected chi connectivity index (χ2v) is 4.71. The van der Waals surface area contributed by atoms with E-state index in [1.165, 1.54) is 7.11 Å². The first-order chi connectivity index (χ1) is 11.6. The molecule has 0 unspecified atom stereocenters. The largest absolute Gasteiger partial charge is 0.504 e. The highest BCUT2D eigenvalue weighted by Crippen LogP contribution is 2.35. The van der Waals surface area contributed by atoms with Crippen LogP contribution in [0.15, 0.2) is 12.1 Å². The van der Waals surface area contributed by atoms with Gasteiger partial charge in [0, 0.05) is 0 Å². The van der Waals surface area contributed by atoms with Gasteiger partial charge in [0.1, 0.15) is 24.4 Å². The molecule has 0 saturated heterocycles. The highest BCUT2D eigenvalue weighted by atomic mass is 16.5. The summed E-state index contributed by atoms with van der Waals surface area (Å²) in [7, 11) is 1.17. The fraction of sp³-hybridized carbons (Fsp3) is 0.429. The van der Waals surface area contributed by atoms with Gasteiger partial charge in [-0.1, -0.05) is 0 Å². The number of methoxy groups -OCH3 is 1. The maximum absolute atomic E-state index is 10.9. The molecule has 0 amide bonds. The Morgan fingerprint density at radius 2 is 1.56 bits per heavy atom. The molecule has 0 aromatic heterocycles. The van der Waals surface area contributed by atoms with Crippen LogP contribution in [-0.4, -0.2) is 91.2 Å². The van der Waals surface area contributed by atoms with E-state index in [0.29, 0.717) is 0 Å². The number of carbonyl (C=O) groups excluding carboxylic acids is 2. The minimum Gasteiger partial charge on any atom is -0.504 e. The molecular formula is C14H20O11. The van der Waals surface area contributed by atoms with E-state index in [2.05, 4.69) is 4.74 Å². The molecule has 142 valence electrons. The van der Waals surface area contributed by atoms with Gasteiger partial charge < -0.3 is 50.4 Å². The van der Waals surface area contributed by atoms with Crippen molar-refractivity contribution >= 4 is 12.3 Å². The van der Waals surface area contributed by atoms with E-state index in [0.717, 1.165) is 12.1 Å². The highest BCUT2D eigenvalue weighted by molar-refractivity contribution is 5.90. The van der Waals surface area contributed by atoms with Crippen LogP contribution >= 0.6 is 0 Å². The number of ether oxygens (including phenoxy) is 1. The van der Waals surface area contributed by atoms with E-state index in [1.54, 1.807) is 0 Å². The minimum absolute atomic E-state index is 0.0258. The summed E-state index contributed by atoms with van der Waals surface area (Å²) in [4.78, 5) is 20.8. The molecule has 1 aromatic rings. The Balaban J connectivity index is 0.000000463. The van der Waals surface area contributed by atoms with E-state index < -0.39 is 54.2 Å². The zero-order valence-corrected chi connectivity index (χ0v) is 13.1. The molecule has 0 radical (unpaired) electrons. The van der Waals surface area contributed by atoms with Gasteiger partial charge in [0.05, 0.1) is 19.3 Å². The van der Waals surface area contributed by atoms with Crippen LogP contribution in [0.1, 0.15) is 10.4 Å². The normalized spacial score (nSPS) is 15.1. The summed E-state index contributed by atoms with van der Waals surface area (Å²) in [5.74, 6) is -2.50. The van der Waals surface area contributed by atoms with E-state index in [9.17, 15) is 9.59 Å². The summed E-state index contributed by atoms with van der Waals surface area (Å²) in [6.45, 7) is -0.760. The number of aldehydes is 1. The maximum Gasteiger partial charge on any atom is 0.338 e. The van der Waals surface area contributed by atoms with Gasteiger partial charge in [-0.3, -0.25) is 0 Å². The van der Waals surface area contributed by atoms with Crippen LogP contribution in [0.5, 0.6) is 17.2 Å². The van der Waals surface area contributed by atoms with Crippen molar-refractivity contribution in [2.45, 2.75) is 24.4 Å². The van der Waals surface area contributed by atoms with Gasteiger partial charge in [0.15, 0.2) is 23.5 Å². The third-order valence-electron chi connectivity index (χ3n) is 2.91. The third kappa shape index (κ3) is 6.52. The summed E-state index contributed by atoms with van der Waals surface area (Å²) in [6.07, 6.45) is -6.84. The minimum atomic E-state index is -1.79. The number of hydrogen-bond acceptors (Lipinski definition) is 11. The lowest BCUT2D eigenvalue weighted by atomic mass is 10.0. The molecule has 1 aromatic carbocycles. The number of aliphatic hydroxyl groups excluding tert-OH is 5. The summed E-state index contributed by atoms with van der Waals surface area (Å²) in [5.41, 5.74) is -0.0321. The lowest BCUT2D eigenvalue weighted by Gasteiger charge is -2.22. The number of aromatic hydroxyl groups is 3. The lowest BCUT2D eigenvalue weighted by Crippen LogP contribution is -2.46. The summed E-state index contributed by atoms with van der Waals surface area (Å²) in [5, 5.41) is 70.5. The molecule has 8 N–H and O–H groups in total. The lowest BCUT2D eigenvalue weighted by molar-refractivity contribution is -0.136. The number of benzene rings is 1. The second-order valence-electron chi connectivity index (χ2n) is 4.71. The van der Waals surface area contributed by atoms with Gasteiger partial charge in [0.2, 0.25) is 0 Å². The fourth-order valence-electron chi connectivity index (χ4n) is 1.46. The first-order valence-corrected chi connectivity index (χ1v) is 6.72. The van der Waals surface area contributed by atoms with Crippen molar-refractivity contribution in [2.24, 2.45) is 0 Å². The maximum atomic E-state index is 10.9. The van der Waals surface area contributed by atoms with Gasteiger partial charge in [-0.2, -0.15) is 0 Å². The van der Waals surface area contributed by atoms with Crippen molar-refractivity contribution in [1.29, 1.82) is 0 Å². The molecule has 0 fully saturated rings. The Labute approximate surface area is 141 Å². The quantitative estimate of drug-likeness (QED) is 0.147. The van der Waals surface area contributed by atoms with Crippen molar-refractivity contribution in [3.63, 3.8) is 0 Å². The Morgan fingerprint density at radius 1 is 1.08 bits per heavy atom. The second kappa shape index (κ2) is 10.4. The van der Waals surface area contributed by atoms with E-state index in [-0.39, 0.29) is 11.8 Å². The van der Waals surface area contributed by atoms with Crippen LogP contribution in [0.2, 0.25) is 0 Å². The van der Waals surface area contributed by atoms with Crippen molar-refractivity contribution in [1.82, 2.24) is 0 Å². The van der Waals surface area contributed by atoms with Crippen LogP contribution in [0.25, 0.3) is 0 Å². The molecule has 11 heteroatoms. The Hall–Kier alpha value is -2.44. The Kier molecular flexibility index (Phi) is 9.41. The van der Waals surface area contributed by atoms with Gasteiger partial charge in [-0.25, -0.2) is 4.79 Å². The van der Waals surface area contributed by atoms with Crippen LogP contribution in [0.3, 0.4) is 0 Å². The molecule has 0 aliphatic carbocycles. The number of esters is 1. The first kappa shape index (κ1) is 22.6. The topological polar surface area (TPSA) is 205 Å². The zero-order chi connectivity index (χ0) is 19.7. The highest BCUT2D eigenvalue weighted by Gasteiger charge is 2.29. The van der Waals surface area contributed by atoms with Gasteiger partial charge in [-0.05, 0) is 12.1 Å². The molecule has 0 spiro atoms. The molecule has 4 atom stereocenters. The van der Waals surface area contributed by atoms with Crippen molar-refractivity contribution in [3.05, 3.63) is 17.7 Å². The Morgan fingerprint density at radius 3 is 1.92 bits per heavy atom. The summed E-state index contributed by atoms with van der Waals surface area (Å²) < 4.78 is 4.34. The van der Waals surface area contributed by atoms with Gasteiger partial charge in [-0.15, -0.1) is 0 Å². The van der Waals surface area contributed by atoms with E-state index >= 15 is 0 Å². The molecule has 0 bridgehead atoms. The van der Waals surface area contributed by atoms with E-state index in [4.69, 9.17) is 40.9 Å². The fourth-order valence-corrected chi connectivity index (χ4v) is 1.46. The van der Waals surface area contributed by atoms with Crippen LogP contribution < -0.4 is 0 Å². The molecular weight excluding hydrogens is 344 g/mol. The molecule has 0 saturated carbocycles. The predicted molar refractivity (Wildman–Crippen MR) is 80.0 cm³/mol. The van der Waals surface area contributed by atoms with Gasteiger partial charge in [0.25, 0.3) is 0 Å². The van der Waals surface area contributed by atoms with Crippen molar-refractivity contribution in [2.75, 3.05) is 13.7 Å². The van der Waals surface area contributed by atoms with Crippen LogP contribution in [0.4, 0.5) is 0 Å². The standard InChI is InChI=1S/C8H8O5.C6H12O6/c1-13-8(12)4-2-5(9)7(11)6(10)3-4;7-1-3(9)5(11)6(12)4(10)2-8/h2-3,9-11H,1H3;1,3-6,8-12H,2H2/t;3-,4+,5+,6+/m.0/s1. The first-order valence-electron chi connectivity index (χ1n) is 6.72. The smallest absolute Gasteiger partial charge is 0.338 e. The summed E-state index contributed by atoms with van der Waals surface area (Å²) >= 11 is 0. The van der Waals surface area contributed by atoms with Crippen molar-refractivity contribution in [3.8, 4) is 17.2 Å². The number of aliphatic hydroxyl groups is 5. The monoisotopic (exact) mass is 364 g/mol. The number of phenols is 3. The molecule has 1 rings (SSSR count). The number of hydrogen-bond donors (Lipinski definition) is 8. The molecule has 11 nitrogen and oxygen atoms in total. The van der Waals surface area contributed by atoms with Gasteiger partial charge >= 0.3 is 5.97 Å². The number of phenolic OH excluding ortho intramolecular Hbond substituents is 3. The van der Waals surface area contributed by atoms with E-state index in [1.807, 2.05) is 0 Å². The average Bonchev–Trinajstić information content (AvgIpc) is 2.62. The number of carbonyl (C=O) groups is 2. The number of rotatable bonds is 6. The molecule has 0 aliphatic rings. The SMILES string of the molecule is COC(=O)c1cc(O)c(O)c(O)c1.O=C[C@H](O)[C@@H](O)[C@H](O)[C@H](O)CO. The molecule has 0 heterocycles. The predicted octanol–water partition coefficient (Wildman–Crippen LogP) is -2.79. The van der Waals surface area contributed by atoms with Crippen molar-refractivity contribution < 1.29 is 55.2 Å².